The Labute approximate surface area is 398 Å². The van der Waals surface area contributed by atoms with Crippen molar-refractivity contribution in [2.24, 2.45) is 0 Å². The van der Waals surface area contributed by atoms with Gasteiger partial charge in [-0.2, -0.15) is 0 Å². The highest BCUT2D eigenvalue weighted by Gasteiger charge is 2.53. The molecule has 2 aromatic heterocycles. The molecule has 316 valence electrons. The van der Waals surface area contributed by atoms with E-state index >= 15 is 0 Å². The largest absolute Gasteiger partial charge is 0.310 e. The predicted molar refractivity (Wildman–Crippen MR) is 287 cm³/mol. The van der Waals surface area contributed by atoms with Gasteiger partial charge in [-0.15, -0.1) is 22.7 Å². The molecular formula is C64H43NS2. The molecule has 0 fully saturated rings. The van der Waals surface area contributed by atoms with Gasteiger partial charge in [-0.25, -0.2) is 0 Å². The van der Waals surface area contributed by atoms with Gasteiger partial charge in [-0.3, -0.25) is 0 Å². The number of hydrogen-bond acceptors (Lipinski definition) is 3. The normalized spacial score (nSPS) is 14.1. The van der Waals surface area contributed by atoms with Crippen LogP contribution in [0.3, 0.4) is 0 Å². The van der Waals surface area contributed by atoms with Crippen LogP contribution >= 0.6 is 22.7 Å². The molecule has 2 aliphatic carbocycles. The average Bonchev–Trinajstić information content (AvgIpc) is 4.05. The van der Waals surface area contributed by atoms with E-state index < -0.39 is 5.41 Å². The second kappa shape index (κ2) is 14.5. The van der Waals surface area contributed by atoms with E-state index in [9.17, 15) is 0 Å². The number of hydrogen-bond donors (Lipinski definition) is 0. The third-order valence-electron chi connectivity index (χ3n) is 15.0. The quantitative estimate of drug-likeness (QED) is 0.166. The van der Waals surface area contributed by atoms with Gasteiger partial charge in [-0.05, 0) is 115 Å². The van der Waals surface area contributed by atoms with Gasteiger partial charge in [0.1, 0.15) is 0 Å². The first-order chi connectivity index (χ1) is 33.0. The molecule has 0 atom stereocenters. The molecule has 0 N–H and O–H groups in total. The molecule has 67 heavy (non-hydrogen) atoms. The van der Waals surface area contributed by atoms with Crippen molar-refractivity contribution in [3.63, 3.8) is 0 Å². The van der Waals surface area contributed by atoms with Gasteiger partial charge in [0.25, 0.3) is 0 Å². The summed E-state index contributed by atoms with van der Waals surface area (Å²) in [6.07, 6.45) is 0. The zero-order valence-corrected chi connectivity index (χ0v) is 38.8. The summed E-state index contributed by atoms with van der Waals surface area (Å²) in [4.78, 5) is 2.45. The molecule has 12 aromatic rings. The fourth-order valence-corrected chi connectivity index (χ4v) is 14.4. The van der Waals surface area contributed by atoms with Crippen LogP contribution < -0.4 is 4.90 Å². The van der Waals surface area contributed by atoms with Gasteiger partial charge in [0, 0.05) is 62.8 Å². The summed E-state index contributed by atoms with van der Waals surface area (Å²) in [5.74, 6) is 0. The Morgan fingerprint density at radius 3 is 1.25 bits per heavy atom. The zero-order valence-electron chi connectivity index (χ0n) is 37.1. The monoisotopic (exact) mass is 889 g/mol. The van der Waals surface area contributed by atoms with Gasteiger partial charge in [0.15, 0.2) is 0 Å². The van der Waals surface area contributed by atoms with Crippen LogP contribution in [-0.4, -0.2) is 0 Å². The summed E-state index contributed by atoms with van der Waals surface area (Å²) in [6.45, 7) is 4.78. The van der Waals surface area contributed by atoms with Crippen molar-refractivity contribution in [3.8, 4) is 33.4 Å². The van der Waals surface area contributed by atoms with Gasteiger partial charge in [-0.1, -0.05) is 190 Å². The summed E-state index contributed by atoms with van der Waals surface area (Å²) in [7, 11) is 0. The number of thiophene rings is 2. The molecular weight excluding hydrogens is 847 g/mol. The molecule has 2 heterocycles. The zero-order chi connectivity index (χ0) is 44.4. The average molecular weight is 890 g/mol. The fraction of sp³-hybridized carbons (Fsp3) is 0.0625. The summed E-state index contributed by atoms with van der Waals surface area (Å²) in [5.41, 5.74) is 18.5. The molecule has 0 saturated heterocycles. The fourth-order valence-electron chi connectivity index (χ4n) is 12.0. The maximum absolute atomic E-state index is 2.46. The van der Waals surface area contributed by atoms with E-state index in [1.165, 1.54) is 107 Å². The SMILES string of the molecule is CC1(C)c2ccccc2C2(c3ccccc3-c3cc(N(c4ccc(-c5cccc6c5sc5ccccc56)cc4)c4ccc(-c5cccc6c5sc5ccccc56)cc4)ccc32)c2ccccc21. The second-order valence-corrected chi connectivity index (χ2v) is 20.8. The van der Waals surface area contributed by atoms with Crippen LogP contribution in [0.4, 0.5) is 17.1 Å². The highest BCUT2D eigenvalue weighted by atomic mass is 32.1. The van der Waals surface area contributed by atoms with Crippen LogP contribution in [0.1, 0.15) is 47.2 Å². The highest BCUT2D eigenvalue weighted by Crippen LogP contribution is 2.62. The minimum atomic E-state index is -0.442. The lowest BCUT2D eigenvalue weighted by Crippen LogP contribution is -2.40. The molecule has 0 radical (unpaired) electrons. The minimum absolute atomic E-state index is 0.143. The van der Waals surface area contributed by atoms with Gasteiger partial charge in [0.2, 0.25) is 0 Å². The van der Waals surface area contributed by atoms with Crippen LogP contribution in [0.2, 0.25) is 0 Å². The van der Waals surface area contributed by atoms with Crippen LogP contribution in [0.15, 0.2) is 224 Å². The first kappa shape index (κ1) is 38.7. The number of anilines is 3. The van der Waals surface area contributed by atoms with Crippen molar-refractivity contribution in [3.05, 3.63) is 258 Å². The maximum atomic E-state index is 2.46. The Hall–Kier alpha value is -7.56. The van der Waals surface area contributed by atoms with Crippen molar-refractivity contribution in [2.45, 2.75) is 24.7 Å². The molecule has 0 unspecified atom stereocenters. The van der Waals surface area contributed by atoms with E-state index in [1.54, 1.807) is 0 Å². The lowest BCUT2D eigenvalue weighted by Gasteiger charge is -2.46. The Morgan fingerprint density at radius 2 is 0.716 bits per heavy atom. The Kier molecular flexibility index (Phi) is 8.35. The lowest BCUT2D eigenvalue weighted by atomic mass is 9.55. The van der Waals surface area contributed by atoms with E-state index in [0.717, 1.165) is 17.1 Å². The minimum Gasteiger partial charge on any atom is -0.310 e. The molecule has 0 bridgehead atoms. The highest BCUT2D eigenvalue weighted by molar-refractivity contribution is 7.26. The van der Waals surface area contributed by atoms with E-state index in [4.69, 9.17) is 0 Å². The molecule has 10 aromatic carbocycles. The van der Waals surface area contributed by atoms with E-state index in [0.29, 0.717) is 0 Å². The Balaban J connectivity index is 0.950. The van der Waals surface area contributed by atoms with Crippen molar-refractivity contribution < 1.29 is 0 Å². The topological polar surface area (TPSA) is 3.24 Å². The van der Waals surface area contributed by atoms with Crippen molar-refractivity contribution in [1.82, 2.24) is 0 Å². The Morgan fingerprint density at radius 1 is 0.313 bits per heavy atom. The number of fused-ring (bicyclic) bond motifs is 15. The van der Waals surface area contributed by atoms with Crippen LogP contribution in [0.25, 0.3) is 73.7 Å². The van der Waals surface area contributed by atoms with Crippen molar-refractivity contribution in [2.75, 3.05) is 4.90 Å². The third-order valence-corrected chi connectivity index (χ3v) is 17.4. The summed E-state index contributed by atoms with van der Waals surface area (Å²) in [6, 6.07) is 84.4. The summed E-state index contributed by atoms with van der Waals surface area (Å²) < 4.78 is 5.31. The molecule has 0 aliphatic heterocycles. The Bertz CT molecular complexity index is 3750. The van der Waals surface area contributed by atoms with Crippen molar-refractivity contribution >= 4 is 80.1 Å². The van der Waals surface area contributed by atoms with Gasteiger partial charge in [0.05, 0.1) is 5.41 Å². The smallest absolute Gasteiger partial charge is 0.0719 e. The van der Waals surface area contributed by atoms with Gasteiger partial charge >= 0.3 is 0 Å². The van der Waals surface area contributed by atoms with Crippen LogP contribution in [0.5, 0.6) is 0 Å². The van der Waals surface area contributed by atoms with Crippen LogP contribution in [0, 0.1) is 0 Å². The van der Waals surface area contributed by atoms with E-state index in [-0.39, 0.29) is 5.41 Å². The maximum Gasteiger partial charge on any atom is 0.0719 e. The first-order valence-corrected chi connectivity index (χ1v) is 24.9. The lowest BCUT2D eigenvalue weighted by molar-refractivity contribution is 0.563. The predicted octanol–water partition coefficient (Wildman–Crippen LogP) is 18.2. The summed E-state index contributed by atoms with van der Waals surface area (Å²) in [5, 5.41) is 5.28. The number of rotatable bonds is 5. The van der Waals surface area contributed by atoms with E-state index in [2.05, 4.69) is 243 Å². The molecule has 1 nitrogen and oxygen atoms in total. The molecule has 0 amide bonds. The molecule has 1 spiro atoms. The van der Waals surface area contributed by atoms with E-state index in [1.807, 2.05) is 22.7 Å². The number of nitrogens with zero attached hydrogens (tertiary/aromatic N) is 1. The number of benzene rings is 10. The standard InChI is InChI=1S/C64H43NS2/c1-63(2)55-23-7-9-25-57(55)64(58-26-10-8-24-56(58)63)53-22-6-3-15-47(53)52-39-44(37-38-54(52)64)65(42-33-29-40(30-34-42)45-18-13-20-50-48-16-4-11-27-59(48)66-61(45)50)43-35-31-41(32-36-43)46-19-14-21-51-49-17-5-12-28-60(49)67-62(46)51/h3-39H,1-2H3. The van der Waals surface area contributed by atoms with Gasteiger partial charge < -0.3 is 4.90 Å². The second-order valence-electron chi connectivity index (χ2n) is 18.7. The molecule has 14 rings (SSSR count). The van der Waals surface area contributed by atoms with Crippen LogP contribution in [-0.2, 0) is 10.8 Å². The summed E-state index contributed by atoms with van der Waals surface area (Å²) >= 11 is 3.77. The molecule has 0 saturated carbocycles. The first-order valence-electron chi connectivity index (χ1n) is 23.2. The molecule has 2 aliphatic rings. The van der Waals surface area contributed by atoms with Crippen molar-refractivity contribution in [1.29, 1.82) is 0 Å². The molecule has 3 heteroatoms. The third kappa shape index (κ3) is 5.47.